The number of alkyl halides is 1. The van der Waals surface area contributed by atoms with Crippen LogP contribution >= 0.6 is 11.6 Å². The molecular weight excluding hydrogens is 262 g/mol. The lowest BCUT2D eigenvalue weighted by Gasteiger charge is -2.10. The van der Waals surface area contributed by atoms with E-state index in [1.807, 2.05) is 44.2 Å². The van der Waals surface area contributed by atoms with Crippen LogP contribution in [0.15, 0.2) is 36.5 Å². The average molecular weight is 278 g/mol. The fraction of sp³-hybridized carbons (Fsp3) is 0.267. The quantitative estimate of drug-likeness (QED) is 0.763. The maximum Gasteiger partial charge on any atom is 0.222 e. The van der Waals surface area contributed by atoms with Crippen LogP contribution in [0.3, 0.4) is 0 Å². The Morgan fingerprint density at radius 1 is 1.21 bits per heavy atom. The second kappa shape index (κ2) is 6.43. The van der Waals surface area contributed by atoms with Crippen LogP contribution in [0.4, 0.5) is 0 Å². The summed E-state index contributed by atoms with van der Waals surface area (Å²) in [7, 11) is 0. The summed E-state index contributed by atoms with van der Waals surface area (Å²) in [5, 5.41) is 0. The first-order valence-corrected chi connectivity index (χ1v) is 6.68. The van der Waals surface area contributed by atoms with Crippen molar-refractivity contribution in [1.29, 1.82) is 0 Å². The molecule has 2 aromatic rings. The molecule has 0 spiro atoms. The second-order valence-electron chi connectivity index (χ2n) is 4.11. The van der Waals surface area contributed by atoms with Gasteiger partial charge >= 0.3 is 0 Å². The van der Waals surface area contributed by atoms with Crippen molar-refractivity contribution in [2.75, 3.05) is 6.61 Å². The highest BCUT2D eigenvalue weighted by Crippen LogP contribution is 2.26. The molecule has 0 radical (unpaired) electrons. The van der Waals surface area contributed by atoms with Crippen molar-refractivity contribution < 1.29 is 9.47 Å². The van der Waals surface area contributed by atoms with Gasteiger partial charge in [-0.3, -0.25) is 0 Å². The maximum atomic E-state index is 5.77. The molecule has 2 rings (SSSR count). The molecule has 0 saturated carbocycles. The van der Waals surface area contributed by atoms with Gasteiger partial charge in [-0.2, -0.15) is 0 Å². The third kappa shape index (κ3) is 3.61. The van der Waals surface area contributed by atoms with Gasteiger partial charge in [0.05, 0.1) is 6.61 Å². The topological polar surface area (TPSA) is 31.4 Å². The molecule has 100 valence electrons. The predicted octanol–water partition coefficient (Wildman–Crippen LogP) is 4.32. The van der Waals surface area contributed by atoms with Crippen LogP contribution in [0.2, 0.25) is 0 Å². The summed E-state index contributed by atoms with van der Waals surface area (Å²) >= 11 is 5.77. The highest BCUT2D eigenvalue weighted by molar-refractivity contribution is 6.17. The highest BCUT2D eigenvalue weighted by atomic mass is 35.5. The smallest absolute Gasteiger partial charge is 0.222 e. The summed E-state index contributed by atoms with van der Waals surface area (Å²) in [6.07, 6.45) is 1.72. The first kappa shape index (κ1) is 13.7. The molecule has 3 nitrogen and oxygen atoms in total. The SMILES string of the molecule is CCOc1cccc(Oc2ncc(CCl)cc2C)c1. The summed E-state index contributed by atoms with van der Waals surface area (Å²) in [5.74, 6) is 2.53. The Morgan fingerprint density at radius 3 is 2.68 bits per heavy atom. The normalized spacial score (nSPS) is 10.3. The van der Waals surface area contributed by atoms with E-state index in [9.17, 15) is 0 Å². The van der Waals surface area contributed by atoms with Crippen LogP contribution in [0, 0.1) is 6.92 Å². The molecule has 0 bridgehead atoms. The molecule has 0 saturated heterocycles. The first-order valence-electron chi connectivity index (χ1n) is 6.15. The number of hydrogen-bond acceptors (Lipinski definition) is 3. The van der Waals surface area contributed by atoms with Crippen molar-refractivity contribution in [3.8, 4) is 17.4 Å². The summed E-state index contributed by atoms with van der Waals surface area (Å²) in [4.78, 5) is 4.27. The molecule has 1 aromatic heterocycles. The Kier molecular flexibility index (Phi) is 4.63. The number of nitrogens with zero attached hydrogens (tertiary/aromatic N) is 1. The van der Waals surface area contributed by atoms with Crippen molar-refractivity contribution in [2.24, 2.45) is 0 Å². The monoisotopic (exact) mass is 277 g/mol. The minimum atomic E-state index is 0.452. The average Bonchev–Trinajstić information content (AvgIpc) is 2.42. The molecule has 0 amide bonds. The Bertz CT molecular complexity index is 558. The van der Waals surface area contributed by atoms with Crippen molar-refractivity contribution in [2.45, 2.75) is 19.7 Å². The fourth-order valence-electron chi connectivity index (χ4n) is 1.71. The number of aryl methyl sites for hydroxylation is 1. The van der Waals surface area contributed by atoms with Crippen LogP contribution < -0.4 is 9.47 Å². The van der Waals surface area contributed by atoms with Gasteiger partial charge in [0.15, 0.2) is 0 Å². The van der Waals surface area contributed by atoms with E-state index in [-0.39, 0.29) is 0 Å². The largest absolute Gasteiger partial charge is 0.494 e. The Labute approximate surface area is 118 Å². The van der Waals surface area contributed by atoms with E-state index in [4.69, 9.17) is 21.1 Å². The summed E-state index contributed by atoms with van der Waals surface area (Å²) in [5.41, 5.74) is 1.94. The van der Waals surface area contributed by atoms with Gasteiger partial charge in [0.2, 0.25) is 5.88 Å². The van der Waals surface area contributed by atoms with E-state index < -0.39 is 0 Å². The lowest BCUT2D eigenvalue weighted by molar-refractivity contribution is 0.338. The van der Waals surface area contributed by atoms with E-state index in [2.05, 4.69) is 4.98 Å². The van der Waals surface area contributed by atoms with Gasteiger partial charge in [-0.25, -0.2) is 4.98 Å². The number of aromatic nitrogens is 1. The number of halogens is 1. The molecule has 0 aliphatic heterocycles. The van der Waals surface area contributed by atoms with Gasteiger partial charge in [-0.15, -0.1) is 11.6 Å². The van der Waals surface area contributed by atoms with Crippen molar-refractivity contribution in [1.82, 2.24) is 4.98 Å². The number of rotatable bonds is 5. The van der Waals surface area contributed by atoms with Gasteiger partial charge in [0.25, 0.3) is 0 Å². The lowest BCUT2D eigenvalue weighted by atomic mass is 10.2. The molecule has 0 N–H and O–H groups in total. The molecule has 0 fully saturated rings. The van der Waals surface area contributed by atoms with Gasteiger partial charge in [0.1, 0.15) is 11.5 Å². The van der Waals surface area contributed by atoms with Gasteiger partial charge < -0.3 is 9.47 Å². The molecule has 4 heteroatoms. The maximum absolute atomic E-state index is 5.77. The third-order valence-electron chi connectivity index (χ3n) is 2.57. The zero-order chi connectivity index (χ0) is 13.7. The summed E-state index contributed by atoms with van der Waals surface area (Å²) in [6.45, 7) is 4.53. The molecule has 1 heterocycles. The molecule has 0 aliphatic carbocycles. The minimum Gasteiger partial charge on any atom is -0.494 e. The standard InChI is InChI=1S/C15H16ClNO2/c1-3-18-13-5-4-6-14(8-13)19-15-11(2)7-12(9-16)10-17-15/h4-8,10H,3,9H2,1-2H3. The Hall–Kier alpha value is -1.74. The van der Waals surface area contributed by atoms with Crippen LogP contribution in [-0.2, 0) is 5.88 Å². The molecular formula is C15H16ClNO2. The van der Waals surface area contributed by atoms with Gasteiger partial charge in [-0.05, 0) is 37.6 Å². The Balaban J connectivity index is 2.18. The first-order chi connectivity index (χ1) is 9.22. The highest BCUT2D eigenvalue weighted by Gasteiger charge is 2.05. The predicted molar refractivity (Wildman–Crippen MR) is 76.2 cm³/mol. The van der Waals surface area contributed by atoms with E-state index >= 15 is 0 Å². The number of ether oxygens (including phenoxy) is 2. The fourth-order valence-corrected chi connectivity index (χ4v) is 1.85. The zero-order valence-electron chi connectivity index (χ0n) is 11.0. The van der Waals surface area contributed by atoms with Crippen LogP contribution in [-0.4, -0.2) is 11.6 Å². The van der Waals surface area contributed by atoms with E-state index in [1.54, 1.807) is 6.20 Å². The van der Waals surface area contributed by atoms with Crippen LogP contribution in [0.1, 0.15) is 18.1 Å². The third-order valence-corrected chi connectivity index (χ3v) is 2.88. The molecule has 0 aliphatic rings. The van der Waals surface area contributed by atoms with E-state index in [0.717, 1.165) is 16.9 Å². The van der Waals surface area contributed by atoms with Gasteiger partial charge in [0, 0.05) is 23.7 Å². The summed E-state index contributed by atoms with van der Waals surface area (Å²) < 4.78 is 11.2. The van der Waals surface area contributed by atoms with Crippen molar-refractivity contribution >= 4 is 11.6 Å². The molecule has 19 heavy (non-hydrogen) atoms. The second-order valence-corrected chi connectivity index (χ2v) is 4.38. The number of pyridine rings is 1. The number of benzene rings is 1. The molecule has 1 aromatic carbocycles. The van der Waals surface area contributed by atoms with Crippen molar-refractivity contribution in [3.63, 3.8) is 0 Å². The minimum absolute atomic E-state index is 0.452. The number of hydrogen-bond donors (Lipinski definition) is 0. The Morgan fingerprint density at radius 2 is 2.00 bits per heavy atom. The van der Waals surface area contributed by atoms with Crippen LogP contribution in [0.25, 0.3) is 0 Å². The molecule has 0 unspecified atom stereocenters. The zero-order valence-corrected chi connectivity index (χ0v) is 11.8. The van der Waals surface area contributed by atoms with Crippen molar-refractivity contribution in [3.05, 3.63) is 47.7 Å². The summed E-state index contributed by atoms with van der Waals surface area (Å²) in [6, 6.07) is 9.48. The van der Waals surface area contributed by atoms with Gasteiger partial charge in [-0.1, -0.05) is 6.07 Å². The van der Waals surface area contributed by atoms with Crippen LogP contribution in [0.5, 0.6) is 17.4 Å². The van der Waals surface area contributed by atoms with E-state index in [0.29, 0.717) is 24.1 Å². The molecule has 0 atom stereocenters. The van der Waals surface area contributed by atoms with E-state index in [1.165, 1.54) is 0 Å². The lowest BCUT2D eigenvalue weighted by Crippen LogP contribution is -1.94.